The molecule has 38 heavy (non-hydrogen) atoms. The third-order valence-corrected chi connectivity index (χ3v) is 7.29. The summed E-state index contributed by atoms with van der Waals surface area (Å²) in [4.78, 5) is 44.1. The fraction of sp³-hybridized carbons (Fsp3) is 0.300. The van der Waals surface area contributed by atoms with Gasteiger partial charge >= 0.3 is 0 Å². The molecule has 0 saturated heterocycles. The maximum absolute atomic E-state index is 13.8. The van der Waals surface area contributed by atoms with Crippen LogP contribution < -0.4 is 24.6 Å². The SMILES string of the molecule is COc1cc(OC)cc(C(=O)NCC(=O)N2c3ccccc3N(Cc3ccccc3)C(=O)C3CCCC32)c1. The van der Waals surface area contributed by atoms with E-state index in [2.05, 4.69) is 5.32 Å². The van der Waals surface area contributed by atoms with Crippen LogP contribution in [0.5, 0.6) is 11.5 Å². The number of para-hydroxylation sites is 2. The van der Waals surface area contributed by atoms with Crippen molar-refractivity contribution in [2.45, 2.75) is 31.8 Å². The predicted molar refractivity (Wildman–Crippen MR) is 145 cm³/mol. The first-order valence-electron chi connectivity index (χ1n) is 12.8. The molecular formula is C30H31N3O5. The lowest BCUT2D eigenvalue weighted by Gasteiger charge is -2.30. The van der Waals surface area contributed by atoms with Crippen LogP contribution in [-0.2, 0) is 16.1 Å². The Morgan fingerprint density at radius 2 is 1.55 bits per heavy atom. The van der Waals surface area contributed by atoms with Crippen LogP contribution in [0.3, 0.4) is 0 Å². The molecule has 0 spiro atoms. The van der Waals surface area contributed by atoms with Crippen molar-refractivity contribution in [1.82, 2.24) is 5.32 Å². The van der Waals surface area contributed by atoms with Gasteiger partial charge in [-0.05, 0) is 42.7 Å². The predicted octanol–water partition coefficient (Wildman–Crippen LogP) is 4.18. The molecule has 8 nitrogen and oxygen atoms in total. The first-order valence-corrected chi connectivity index (χ1v) is 12.8. The van der Waals surface area contributed by atoms with Crippen LogP contribution in [0.1, 0.15) is 35.2 Å². The largest absolute Gasteiger partial charge is 0.497 e. The minimum Gasteiger partial charge on any atom is -0.497 e. The lowest BCUT2D eigenvalue weighted by Crippen LogP contribution is -2.48. The smallest absolute Gasteiger partial charge is 0.251 e. The van der Waals surface area contributed by atoms with Gasteiger partial charge in [-0.25, -0.2) is 0 Å². The Morgan fingerprint density at radius 3 is 2.24 bits per heavy atom. The maximum atomic E-state index is 13.8. The van der Waals surface area contributed by atoms with Crippen LogP contribution in [0.25, 0.3) is 0 Å². The van der Waals surface area contributed by atoms with Crippen molar-refractivity contribution in [3.8, 4) is 11.5 Å². The number of benzene rings is 3. The molecule has 3 aromatic carbocycles. The zero-order chi connectivity index (χ0) is 26.6. The van der Waals surface area contributed by atoms with E-state index >= 15 is 0 Å². The second-order valence-corrected chi connectivity index (χ2v) is 9.55. The highest BCUT2D eigenvalue weighted by Crippen LogP contribution is 2.43. The van der Waals surface area contributed by atoms with Crippen molar-refractivity contribution in [2.24, 2.45) is 5.92 Å². The third kappa shape index (κ3) is 4.94. The van der Waals surface area contributed by atoms with Gasteiger partial charge in [-0.3, -0.25) is 14.4 Å². The quantitative estimate of drug-likeness (QED) is 0.512. The zero-order valence-corrected chi connectivity index (χ0v) is 21.6. The minimum atomic E-state index is -0.414. The van der Waals surface area contributed by atoms with Crippen molar-refractivity contribution in [1.29, 1.82) is 0 Å². The first kappa shape index (κ1) is 25.3. The van der Waals surface area contributed by atoms with E-state index in [1.54, 1.807) is 23.1 Å². The molecule has 3 aromatic rings. The summed E-state index contributed by atoms with van der Waals surface area (Å²) in [5, 5.41) is 2.75. The number of ether oxygens (including phenoxy) is 2. The molecule has 1 heterocycles. The summed E-state index contributed by atoms with van der Waals surface area (Å²) >= 11 is 0. The van der Waals surface area contributed by atoms with E-state index in [-0.39, 0.29) is 30.3 Å². The Balaban J connectivity index is 1.43. The topological polar surface area (TPSA) is 88.2 Å². The fourth-order valence-corrected chi connectivity index (χ4v) is 5.46. The van der Waals surface area contributed by atoms with E-state index in [1.165, 1.54) is 14.2 Å². The third-order valence-electron chi connectivity index (χ3n) is 7.29. The van der Waals surface area contributed by atoms with Crippen molar-refractivity contribution < 1.29 is 23.9 Å². The summed E-state index contributed by atoms with van der Waals surface area (Å²) in [5.74, 6) is 0.0246. The van der Waals surface area contributed by atoms with Gasteiger partial charge in [0.15, 0.2) is 0 Å². The van der Waals surface area contributed by atoms with Gasteiger partial charge in [0.25, 0.3) is 5.91 Å². The summed E-state index contributed by atoms with van der Waals surface area (Å²) in [5.41, 5.74) is 2.74. The van der Waals surface area contributed by atoms with Crippen molar-refractivity contribution in [2.75, 3.05) is 30.6 Å². The number of hydrogen-bond acceptors (Lipinski definition) is 5. The number of methoxy groups -OCH3 is 2. The average molecular weight is 514 g/mol. The molecule has 0 aromatic heterocycles. The van der Waals surface area contributed by atoms with Crippen molar-refractivity contribution >= 4 is 29.1 Å². The molecular weight excluding hydrogens is 482 g/mol. The second kappa shape index (κ2) is 11.0. The van der Waals surface area contributed by atoms with Gasteiger partial charge < -0.3 is 24.6 Å². The molecule has 3 amide bonds. The number of amides is 3. The molecule has 2 aliphatic rings. The van der Waals surface area contributed by atoms with Gasteiger partial charge in [0.2, 0.25) is 11.8 Å². The molecule has 1 fully saturated rings. The number of hydrogen-bond donors (Lipinski definition) is 1. The molecule has 5 rings (SSSR count). The van der Waals surface area contributed by atoms with E-state index in [0.717, 1.165) is 24.8 Å². The number of nitrogens with zero attached hydrogens (tertiary/aromatic N) is 2. The Kier molecular flexibility index (Phi) is 7.31. The van der Waals surface area contributed by atoms with E-state index in [0.29, 0.717) is 35.0 Å². The number of carbonyl (C=O) groups is 3. The van der Waals surface area contributed by atoms with Gasteiger partial charge in [0.1, 0.15) is 11.5 Å². The van der Waals surface area contributed by atoms with Crippen molar-refractivity contribution in [3.05, 3.63) is 83.9 Å². The summed E-state index contributed by atoms with van der Waals surface area (Å²) in [7, 11) is 3.02. The number of carbonyl (C=O) groups excluding carboxylic acids is 3. The summed E-state index contributed by atoms with van der Waals surface area (Å²) in [6.45, 7) is 0.221. The number of rotatable bonds is 7. The lowest BCUT2D eigenvalue weighted by molar-refractivity contribution is -0.123. The standard InChI is InChI=1S/C30H31N3O5/c1-37-22-15-21(16-23(17-22)38-2)29(35)31-18-28(34)33-25-14-8-11-24(25)30(36)32(19-20-9-4-3-5-10-20)26-12-6-7-13-27(26)33/h3-7,9-10,12-13,15-17,24-25H,8,11,14,18-19H2,1-2H3,(H,31,35). The molecule has 8 heteroatoms. The van der Waals surface area contributed by atoms with Gasteiger partial charge in [0.05, 0.1) is 44.6 Å². The van der Waals surface area contributed by atoms with Gasteiger partial charge in [0, 0.05) is 17.7 Å². The Labute approximate surface area is 222 Å². The van der Waals surface area contributed by atoms with E-state index < -0.39 is 5.91 Å². The Bertz CT molecular complexity index is 1320. The van der Waals surface area contributed by atoms with Crippen LogP contribution in [0.4, 0.5) is 11.4 Å². The molecule has 196 valence electrons. The summed E-state index contributed by atoms with van der Waals surface area (Å²) in [6, 6.07) is 22.0. The minimum absolute atomic E-state index is 0.0339. The summed E-state index contributed by atoms with van der Waals surface area (Å²) < 4.78 is 10.5. The number of fused-ring (bicyclic) bond motifs is 2. The molecule has 1 aliphatic carbocycles. The van der Waals surface area contributed by atoms with Crippen molar-refractivity contribution in [3.63, 3.8) is 0 Å². The summed E-state index contributed by atoms with van der Waals surface area (Å²) in [6.07, 6.45) is 2.32. The highest BCUT2D eigenvalue weighted by molar-refractivity contribution is 6.08. The molecule has 2 unspecified atom stereocenters. The monoisotopic (exact) mass is 513 g/mol. The molecule has 1 saturated carbocycles. The van der Waals surface area contributed by atoms with Crippen LogP contribution in [-0.4, -0.2) is 44.5 Å². The fourth-order valence-electron chi connectivity index (χ4n) is 5.46. The van der Waals surface area contributed by atoms with E-state index in [9.17, 15) is 14.4 Å². The Morgan fingerprint density at radius 1 is 0.895 bits per heavy atom. The number of nitrogens with one attached hydrogen (secondary N) is 1. The second-order valence-electron chi connectivity index (χ2n) is 9.55. The molecule has 1 N–H and O–H groups in total. The van der Waals surface area contributed by atoms with Crippen LogP contribution >= 0.6 is 0 Å². The van der Waals surface area contributed by atoms with Crippen LogP contribution in [0.2, 0.25) is 0 Å². The molecule has 0 bridgehead atoms. The molecule has 2 atom stereocenters. The maximum Gasteiger partial charge on any atom is 0.251 e. The normalized spacial score (nSPS) is 18.3. The van der Waals surface area contributed by atoms with E-state index in [1.807, 2.05) is 59.5 Å². The number of anilines is 2. The van der Waals surface area contributed by atoms with Crippen LogP contribution in [0.15, 0.2) is 72.8 Å². The van der Waals surface area contributed by atoms with Gasteiger partial charge in [-0.1, -0.05) is 48.9 Å². The van der Waals surface area contributed by atoms with Crippen LogP contribution in [0, 0.1) is 5.92 Å². The average Bonchev–Trinajstić information content (AvgIpc) is 3.41. The van der Waals surface area contributed by atoms with Gasteiger partial charge in [-0.15, -0.1) is 0 Å². The molecule has 0 radical (unpaired) electrons. The Hall–Kier alpha value is -4.33. The molecule has 1 aliphatic heterocycles. The highest BCUT2D eigenvalue weighted by Gasteiger charge is 2.45. The highest BCUT2D eigenvalue weighted by atomic mass is 16.5. The lowest BCUT2D eigenvalue weighted by atomic mass is 10.0. The zero-order valence-electron chi connectivity index (χ0n) is 21.6. The van der Waals surface area contributed by atoms with Gasteiger partial charge in [-0.2, -0.15) is 0 Å². The first-order chi connectivity index (χ1) is 18.5. The van der Waals surface area contributed by atoms with E-state index in [4.69, 9.17) is 9.47 Å².